The van der Waals surface area contributed by atoms with Crippen LogP contribution in [0.4, 0.5) is 0 Å². The maximum Gasteiger partial charge on any atom is 0.159 e. The van der Waals surface area contributed by atoms with Gasteiger partial charge >= 0.3 is 0 Å². The number of aliphatic imine (C=N–C) groups is 1. The summed E-state index contributed by atoms with van der Waals surface area (Å²) >= 11 is 1.87. The maximum atomic E-state index is 5.26. The number of rotatable bonds is 5. The molecule has 0 spiro atoms. The lowest BCUT2D eigenvalue weighted by atomic mass is 10.1. The Morgan fingerprint density at radius 1 is 1.00 bits per heavy atom. The van der Waals surface area contributed by atoms with E-state index in [9.17, 15) is 0 Å². The monoisotopic (exact) mass is 340 g/mol. The van der Waals surface area contributed by atoms with E-state index in [1.54, 1.807) is 7.11 Å². The molecule has 0 radical (unpaired) electrons. The van der Waals surface area contributed by atoms with Crippen molar-refractivity contribution in [2.45, 2.75) is 26.4 Å². The molecule has 1 aliphatic rings. The Morgan fingerprint density at radius 3 is 2.17 bits per heavy atom. The number of thioether (sulfide) groups is 1. The average molecular weight is 340 g/mol. The quantitative estimate of drug-likeness (QED) is 0.801. The van der Waals surface area contributed by atoms with Gasteiger partial charge in [-0.1, -0.05) is 53.7 Å². The van der Waals surface area contributed by atoms with Crippen molar-refractivity contribution in [3.63, 3.8) is 0 Å². The van der Waals surface area contributed by atoms with Crippen molar-refractivity contribution in [1.29, 1.82) is 0 Å². The van der Waals surface area contributed by atoms with Gasteiger partial charge in [-0.05, 0) is 36.6 Å². The molecule has 4 heteroatoms. The lowest BCUT2D eigenvalue weighted by Crippen LogP contribution is -2.30. The highest BCUT2D eigenvalue weighted by molar-refractivity contribution is 8.13. The van der Waals surface area contributed by atoms with Crippen LogP contribution in [0.3, 0.4) is 0 Å². The second kappa shape index (κ2) is 8.25. The fourth-order valence-electron chi connectivity index (χ4n) is 2.70. The third-order valence-electron chi connectivity index (χ3n) is 4.08. The van der Waals surface area contributed by atoms with Crippen molar-refractivity contribution >= 4 is 16.9 Å². The van der Waals surface area contributed by atoms with Crippen molar-refractivity contribution in [1.82, 2.24) is 4.90 Å². The molecule has 24 heavy (non-hydrogen) atoms. The van der Waals surface area contributed by atoms with Gasteiger partial charge in [0.2, 0.25) is 0 Å². The van der Waals surface area contributed by atoms with Gasteiger partial charge in [-0.15, -0.1) is 0 Å². The Morgan fingerprint density at radius 2 is 1.62 bits per heavy atom. The minimum atomic E-state index is 0.865. The highest BCUT2D eigenvalue weighted by atomic mass is 32.2. The number of methoxy groups -OCH3 is 1. The highest BCUT2D eigenvalue weighted by Gasteiger charge is 2.16. The van der Waals surface area contributed by atoms with Gasteiger partial charge in [0.15, 0.2) is 5.17 Å². The fraction of sp³-hybridized carbons (Fsp3) is 0.350. The summed E-state index contributed by atoms with van der Waals surface area (Å²) in [5.74, 6) is 2.06. The van der Waals surface area contributed by atoms with Crippen LogP contribution in [0.1, 0.15) is 23.1 Å². The van der Waals surface area contributed by atoms with Gasteiger partial charge in [0.25, 0.3) is 0 Å². The van der Waals surface area contributed by atoms with Crippen molar-refractivity contribution in [2.24, 2.45) is 4.99 Å². The smallest absolute Gasteiger partial charge is 0.159 e. The van der Waals surface area contributed by atoms with E-state index in [4.69, 9.17) is 9.73 Å². The summed E-state index contributed by atoms with van der Waals surface area (Å²) in [6.07, 6.45) is 1.18. The predicted molar refractivity (Wildman–Crippen MR) is 103 cm³/mol. The van der Waals surface area contributed by atoms with Crippen LogP contribution in [-0.2, 0) is 13.1 Å². The molecule has 0 aromatic heterocycles. The number of hydrogen-bond donors (Lipinski definition) is 0. The molecular formula is C20H24N2OS. The first kappa shape index (κ1) is 16.9. The Hall–Kier alpha value is -1.94. The summed E-state index contributed by atoms with van der Waals surface area (Å²) in [6, 6.07) is 17.1. The molecule has 0 saturated heterocycles. The van der Waals surface area contributed by atoms with Crippen LogP contribution < -0.4 is 4.74 Å². The summed E-state index contributed by atoms with van der Waals surface area (Å²) < 4.78 is 5.26. The second-order valence-corrected chi connectivity index (χ2v) is 7.12. The lowest BCUT2D eigenvalue weighted by Gasteiger charge is -2.28. The van der Waals surface area contributed by atoms with E-state index < -0.39 is 0 Å². The van der Waals surface area contributed by atoms with E-state index >= 15 is 0 Å². The molecule has 1 heterocycles. The van der Waals surface area contributed by atoms with Crippen LogP contribution in [0.2, 0.25) is 0 Å². The lowest BCUT2D eigenvalue weighted by molar-refractivity contribution is 0.407. The minimum absolute atomic E-state index is 0.865. The topological polar surface area (TPSA) is 24.8 Å². The largest absolute Gasteiger partial charge is 0.497 e. The number of amidine groups is 1. The van der Waals surface area contributed by atoms with E-state index in [1.165, 1.54) is 23.1 Å². The van der Waals surface area contributed by atoms with Gasteiger partial charge in [0, 0.05) is 25.4 Å². The van der Waals surface area contributed by atoms with Gasteiger partial charge in [0.05, 0.1) is 7.11 Å². The number of hydrogen-bond acceptors (Lipinski definition) is 4. The van der Waals surface area contributed by atoms with E-state index in [0.717, 1.165) is 36.3 Å². The van der Waals surface area contributed by atoms with Crippen LogP contribution in [0.5, 0.6) is 5.75 Å². The van der Waals surface area contributed by atoms with Crippen molar-refractivity contribution in [3.05, 3.63) is 65.2 Å². The first-order valence-electron chi connectivity index (χ1n) is 8.35. The molecule has 0 aliphatic carbocycles. The Balaban J connectivity index is 1.78. The van der Waals surface area contributed by atoms with Crippen LogP contribution >= 0.6 is 11.8 Å². The molecule has 0 bridgehead atoms. The summed E-state index contributed by atoms with van der Waals surface area (Å²) in [5, 5.41) is 1.16. The number of nitrogens with zero attached hydrogens (tertiary/aromatic N) is 2. The molecular weight excluding hydrogens is 316 g/mol. The molecule has 0 fully saturated rings. The third kappa shape index (κ3) is 4.54. The molecule has 0 amide bonds. The van der Waals surface area contributed by atoms with Crippen LogP contribution in [0, 0.1) is 6.92 Å². The molecule has 2 aromatic rings. The average Bonchev–Trinajstić information content (AvgIpc) is 2.64. The van der Waals surface area contributed by atoms with E-state index in [1.807, 2.05) is 23.9 Å². The van der Waals surface area contributed by atoms with E-state index in [2.05, 4.69) is 48.2 Å². The summed E-state index contributed by atoms with van der Waals surface area (Å²) in [4.78, 5) is 7.14. The zero-order valence-electron chi connectivity index (χ0n) is 14.4. The van der Waals surface area contributed by atoms with Gasteiger partial charge in [-0.3, -0.25) is 4.99 Å². The molecule has 0 unspecified atom stereocenters. The van der Waals surface area contributed by atoms with Crippen LogP contribution in [0.25, 0.3) is 0 Å². The second-order valence-electron chi connectivity index (χ2n) is 6.06. The van der Waals surface area contributed by atoms with Crippen molar-refractivity contribution in [3.8, 4) is 5.75 Å². The highest BCUT2D eigenvalue weighted by Crippen LogP contribution is 2.21. The third-order valence-corrected chi connectivity index (χ3v) is 5.22. The maximum absolute atomic E-state index is 5.26. The molecule has 1 aliphatic heterocycles. The van der Waals surface area contributed by atoms with Crippen molar-refractivity contribution < 1.29 is 4.74 Å². The molecule has 3 rings (SSSR count). The normalized spacial score (nSPS) is 14.2. The summed E-state index contributed by atoms with van der Waals surface area (Å²) in [7, 11) is 1.70. The van der Waals surface area contributed by atoms with E-state index in [-0.39, 0.29) is 0 Å². The molecule has 0 saturated carbocycles. The fourth-order valence-corrected chi connectivity index (χ4v) is 3.65. The van der Waals surface area contributed by atoms with Gasteiger partial charge in [-0.25, -0.2) is 0 Å². The van der Waals surface area contributed by atoms with Crippen molar-refractivity contribution in [2.75, 3.05) is 19.4 Å². The molecule has 2 aromatic carbocycles. The first-order valence-corrected chi connectivity index (χ1v) is 9.34. The number of ether oxygens (including phenoxy) is 1. The van der Waals surface area contributed by atoms with Gasteiger partial charge in [-0.2, -0.15) is 0 Å². The minimum Gasteiger partial charge on any atom is -0.497 e. The molecule has 3 nitrogen and oxygen atoms in total. The van der Waals surface area contributed by atoms with Gasteiger partial charge in [0.1, 0.15) is 5.75 Å². The van der Waals surface area contributed by atoms with E-state index in [0.29, 0.717) is 0 Å². The Labute approximate surface area is 148 Å². The zero-order chi connectivity index (χ0) is 16.8. The zero-order valence-corrected chi connectivity index (χ0v) is 15.2. The number of benzene rings is 2. The SMILES string of the molecule is COc1ccc(CN(Cc2ccc(C)cc2)C2=NCCCS2)cc1. The summed E-state index contributed by atoms with van der Waals surface area (Å²) in [5.41, 5.74) is 3.89. The van der Waals surface area contributed by atoms with Crippen LogP contribution in [-0.4, -0.2) is 29.5 Å². The number of aryl methyl sites for hydroxylation is 1. The molecule has 126 valence electrons. The molecule has 0 N–H and O–H groups in total. The van der Waals surface area contributed by atoms with Gasteiger partial charge < -0.3 is 9.64 Å². The summed E-state index contributed by atoms with van der Waals surface area (Å²) in [6.45, 7) is 4.82. The first-order chi connectivity index (χ1) is 11.7. The standard InChI is InChI=1S/C20H24N2OS/c1-16-4-6-17(7-5-16)14-22(20-21-12-3-13-24-20)15-18-8-10-19(23-2)11-9-18/h4-11H,3,12-15H2,1-2H3. The molecule has 0 atom stereocenters. The Bertz CT molecular complexity index is 680. The predicted octanol–water partition coefficient (Wildman–Crippen LogP) is 4.50. The van der Waals surface area contributed by atoms with Crippen LogP contribution in [0.15, 0.2) is 53.5 Å². The Kier molecular flexibility index (Phi) is 5.81.